The number of nitrogen functional groups attached to an aromatic ring is 1. The van der Waals surface area contributed by atoms with Crippen molar-refractivity contribution in [3.05, 3.63) is 35.9 Å². The van der Waals surface area contributed by atoms with Gasteiger partial charge >= 0.3 is 6.09 Å². The molecule has 2 unspecified atom stereocenters. The van der Waals surface area contributed by atoms with Crippen molar-refractivity contribution in [2.75, 3.05) is 35.7 Å². The van der Waals surface area contributed by atoms with Gasteiger partial charge in [-0.1, -0.05) is 0 Å². The van der Waals surface area contributed by atoms with Crippen LogP contribution in [0.3, 0.4) is 0 Å². The monoisotopic (exact) mass is 453 g/mol. The number of anilines is 3. The fourth-order valence-electron chi connectivity index (χ4n) is 4.58. The highest BCUT2D eigenvalue weighted by atomic mass is 19.1. The molecule has 2 atom stereocenters. The molecule has 9 nitrogen and oxygen atoms in total. The van der Waals surface area contributed by atoms with Crippen molar-refractivity contribution in [1.82, 2.24) is 9.97 Å². The van der Waals surface area contributed by atoms with Gasteiger partial charge < -0.3 is 25.6 Å². The lowest BCUT2D eigenvalue weighted by Crippen LogP contribution is -2.43. The summed E-state index contributed by atoms with van der Waals surface area (Å²) < 4.78 is 26.5. The van der Waals surface area contributed by atoms with Gasteiger partial charge in [-0.2, -0.15) is 0 Å². The summed E-state index contributed by atoms with van der Waals surface area (Å²) in [6.45, 7) is 5.32. The Morgan fingerprint density at radius 1 is 1.27 bits per heavy atom. The standard InChI is InChI=1S/C23H24FN5O4/c1-11-15(9-28-22-21(11)26-4-6-33-22)14-7-13-8-18(27-10-16(13)20(25)19(14)24)29(23(30)31)17-3-5-32-12(17)2/h7-10,12,17,26H,3-6,25H2,1-2H3,(H,30,31). The van der Waals surface area contributed by atoms with Gasteiger partial charge in [-0.15, -0.1) is 0 Å². The first-order chi connectivity index (χ1) is 15.9. The molecule has 0 spiro atoms. The number of nitrogens with one attached hydrogen (secondary N) is 1. The molecular weight excluding hydrogens is 429 g/mol. The Kier molecular flexibility index (Phi) is 5.16. The van der Waals surface area contributed by atoms with Crippen LogP contribution in [-0.4, -0.2) is 53.1 Å². The lowest BCUT2D eigenvalue weighted by Gasteiger charge is -2.27. The molecule has 3 aromatic rings. The van der Waals surface area contributed by atoms with Crippen molar-refractivity contribution in [2.45, 2.75) is 32.4 Å². The number of carbonyl (C=O) groups is 1. The van der Waals surface area contributed by atoms with Crippen LogP contribution in [0.4, 0.5) is 26.4 Å². The molecule has 0 radical (unpaired) electrons. The maximum absolute atomic E-state index is 15.4. The minimum atomic E-state index is -1.12. The molecule has 2 aliphatic heterocycles. The number of carboxylic acid groups (broad SMARTS) is 1. The Balaban J connectivity index is 1.65. The number of aromatic nitrogens is 2. The van der Waals surface area contributed by atoms with E-state index in [1.165, 1.54) is 11.1 Å². The van der Waals surface area contributed by atoms with Crippen molar-refractivity contribution in [1.29, 1.82) is 0 Å². The zero-order valence-corrected chi connectivity index (χ0v) is 18.3. The van der Waals surface area contributed by atoms with Gasteiger partial charge in [-0.25, -0.2) is 19.2 Å². The highest BCUT2D eigenvalue weighted by molar-refractivity contribution is 5.99. The summed E-state index contributed by atoms with van der Waals surface area (Å²) in [7, 11) is 0. The number of fused-ring (bicyclic) bond motifs is 2. The van der Waals surface area contributed by atoms with Gasteiger partial charge in [0, 0.05) is 42.1 Å². The van der Waals surface area contributed by atoms with Crippen molar-refractivity contribution < 1.29 is 23.8 Å². The van der Waals surface area contributed by atoms with Crippen LogP contribution in [0.2, 0.25) is 0 Å². The molecule has 4 heterocycles. The average molecular weight is 453 g/mol. The van der Waals surface area contributed by atoms with E-state index < -0.39 is 11.9 Å². The van der Waals surface area contributed by atoms with Gasteiger partial charge in [0.15, 0.2) is 5.82 Å². The third-order valence-electron chi connectivity index (χ3n) is 6.34. The van der Waals surface area contributed by atoms with Gasteiger partial charge in [0.1, 0.15) is 18.1 Å². The number of rotatable bonds is 3. The maximum Gasteiger partial charge on any atom is 0.413 e. The topological polar surface area (TPSA) is 123 Å². The summed E-state index contributed by atoms with van der Waals surface area (Å²) in [6, 6.07) is 2.92. The Labute approximate surface area is 189 Å². The number of halogens is 1. The maximum atomic E-state index is 15.4. The van der Waals surface area contributed by atoms with Crippen LogP contribution in [0.5, 0.6) is 5.88 Å². The Morgan fingerprint density at radius 3 is 2.82 bits per heavy atom. The largest absolute Gasteiger partial charge is 0.474 e. The van der Waals surface area contributed by atoms with E-state index in [-0.39, 0.29) is 29.2 Å². The molecule has 10 heteroatoms. The number of nitrogens with two attached hydrogens (primary N) is 1. The molecule has 0 saturated carbocycles. The summed E-state index contributed by atoms with van der Waals surface area (Å²) in [5, 5.41) is 14.1. The second-order valence-electron chi connectivity index (χ2n) is 8.25. The van der Waals surface area contributed by atoms with Crippen LogP contribution >= 0.6 is 0 Å². The molecule has 1 amide bonds. The predicted octanol–water partition coefficient (Wildman–Crippen LogP) is 3.79. The number of benzene rings is 1. The number of amides is 1. The Hall–Kier alpha value is -3.66. The SMILES string of the molecule is Cc1c(-c2cc3cc(N(C(=O)O)C4CCOC4C)ncc3c(N)c2F)cnc2c1NCCO2. The normalized spacial score (nSPS) is 19.6. The van der Waals surface area contributed by atoms with E-state index in [0.29, 0.717) is 48.4 Å². The van der Waals surface area contributed by atoms with E-state index in [2.05, 4.69) is 15.3 Å². The minimum Gasteiger partial charge on any atom is -0.474 e. The Morgan fingerprint density at radius 2 is 2.09 bits per heavy atom. The summed E-state index contributed by atoms with van der Waals surface area (Å²) in [5.74, 6) is 0.143. The fraction of sp³-hybridized carbons (Fsp3) is 0.348. The molecule has 0 aliphatic carbocycles. The van der Waals surface area contributed by atoms with Crippen molar-refractivity contribution in [3.8, 4) is 17.0 Å². The predicted molar refractivity (Wildman–Crippen MR) is 122 cm³/mol. The van der Waals surface area contributed by atoms with Gasteiger partial charge in [0.05, 0.1) is 17.8 Å². The number of hydrogen-bond donors (Lipinski definition) is 3. The Bertz CT molecular complexity index is 1270. The van der Waals surface area contributed by atoms with Gasteiger partial charge in [-0.05, 0) is 43.4 Å². The molecule has 172 valence electrons. The lowest BCUT2D eigenvalue weighted by molar-refractivity contribution is 0.116. The second-order valence-corrected chi connectivity index (χ2v) is 8.25. The molecule has 1 saturated heterocycles. The summed E-state index contributed by atoms with van der Waals surface area (Å²) in [5.41, 5.74) is 8.45. The number of nitrogens with zero attached hydrogens (tertiary/aromatic N) is 3. The third-order valence-corrected chi connectivity index (χ3v) is 6.34. The van der Waals surface area contributed by atoms with Crippen LogP contribution in [0, 0.1) is 12.7 Å². The molecule has 1 aromatic carbocycles. The first kappa shape index (κ1) is 21.2. The van der Waals surface area contributed by atoms with Gasteiger partial charge in [0.2, 0.25) is 5.88 Å². The lowest BCUT2D eigenvalue weighted by atomic mass is 9.97. The highest BCUT2D eigenvalue weighted by Crippen LogP contribution is 2.40. The van der Waals surface area contributed by atoms with E-state index >= 15 is 4.39 Å². The van der Waals surface area contributed by atoms with Crippen LogP contribution in [0.25, 0.3) is 21.9 Å². The first-order valence-electron chi connectivity index (χ1n) is 10.7. The molecule has 2 aromatic heterocycles. The van der Waals surface area contributed by atoms with Crippen LogP contribution in [0.15, 0.2) is 24.5 Å². The number of hydrogen-bond acceptors (Lipinski definition) is 7. The van der Waals surface area contributed by atoms with E-state index in [0.717, 1.165) is 11.3 Å². The van der Waals surface area contributed by atoms with Crippen LogP contribution in [0.1, 0.15) is 18.9 Å². The van der Waals surface area contributed by atoms with Crippen molar-refractivity contribution >= 4 is 34.1 Å². The minimum absolute atomic E-state index is 0.0534. The smallest absolute Gasteiger partial charge is 0.413 e. The first-order valence-corrected chi connectivity index (χ1v) is 10.7. The van der Waals surface area contributed by atoms with E-state index in [1.54, 1.807) is 18.3 Å². The molecule has 4 N–H and O–H groups in total. The number of pyridine rings is 2. The fourth-order valence-corrected chi connectivity index (χ4v) is 4.58. The molecule has 33 heavy (non-hydrogen) atoms. The van der Waals surface area contributed by atoms with E-state index in [1.807, 2.05) is 13.8 Å². The molecule has 2 aliphatic rings. The average Bonchev–Trinajstić information content (AvgIpc) is 3.22. The molecule has 5 rings (SSSR count). The van der Waals surface area contributed by atoms with Crippen molar-refractivity contribution in [3.63, 3.8) is 0 Å². The van der Waals surface area contributed by atoms with Crippen LogP contribution in [-0.2, 0) is 4.74 Å². The zero-order valence-electron chi connectivity index (χ0n) is 18.3. The quantitative estimate of drug-likeness (QED) is 0.512. The van der Waals surface area contributed by atoms with Gasteiger partial charge in [0.25, 0.3) is 0 Å². The number of ether oxygens (including phenoxy) is 2. The highest BCUT2D eigenvalue weighted by Gasteiger charge is 2.35. The molecule has 0 bridgehead atoms. The summed E-state index contributed by atoms with van der Waals surface area (Å²) >= 11 is 0. The van der Waals surface area contributed by atoms with E-state index in [4.69, 9.17) is 15.2 Å². The molecular formula is C23H24FN5O4. The second kappa shape index (κ2) is 8.04. The summed E-state index contributed by atoms with van der Waals surface area (Å²) in [4.78, 5) is 21.9. The van der Waals surface area contributed by atoms with Crippen LogP contribution < -0.4 is 20.7 Å². The third kappa shape index (κ3) is 3.46. The van der Waals surface area contributed by atoms with E-state index in [9.17, 15) is 9.90 Å². The zero-order chi connectivity index (χ0) is 23.3. The van der Waals surface area contributed by atoms with Crippen molar-refractivity contribution in [2.24, 2.45) is 0 Å². The summed E-state index contributed by atoms with van der Waals surface area (Å²) in [6.07, 6.45) is 2.16. The molecule has 1 fully saturated rings. The van der Waals surface area contributed by atoms with Gasteiger partial charge in [-0.3, -0.25) is 4.90 Å².